The van der Waals surface area contributed by atoms with Gasteiger partial charge >= 0.3 is 0 Å². The smallest absolute Gasteiger partial charge is 0.255 e. The number of carbonyl (C=O) groups is 2. The number of aromatic amines is 1. The van der Waals surface area contributed by atoms with Crippen molar-refractivity contribution in [1.82, 2.24) is 15.0 Å². The summed E-state index contributed by atoms with van der Waals surface area (Å²) in [5.74, 6) is 0.121. The van der Waals surface area contributed by atoms with Gasteiger partial charge in [0, 0.05) is 50.9 Å². The number of nitrogens with one attached hydrogen (secondary N) is 4. The van der Waals surface area contributed by atoms with Gasteiger partial charge in [0.05, 0.1) is 17.8 Å². The van der Waals surface area contributed by atoms with E-state index in [1.165, 1.54) is 0 Å². The zero-order chi connectivity index (χ0) is 24.6. The fourth-order valence-electron chi connectivity index (χ4n) is 4.39. The van der Waals surface area contributed by atoms with Crippen LogP contribution in [0.5, 0.6) is 0 Å². The Morgan fingerprint density at radius 3 is 2.64 bits per heavy atom. The van der Waals surface area contributed by atoms with Crippen molar-refractivity contribution in [3.8, 4) is 11.3 Å². The molecule has 176 valence electrons. The van der Waals surface area contributed by atoms with Crippen LogP contribution in [0.2, 0.25) is 0 Å². The van der Waals surface area contributed by atoms with Crippen LogP contribution < -0.4 is 16.0 Å². The topological polar surface area (TPSA) is 112 Å². The van der Waals surface area contributed by atoms with Gasteiger partial charge < -0.3 is 20.9 Å². The molecule has 6 rings (SSSR count). The van der Waals surface area contributed by atoms with Crippen LogP contribution in [-0.2, 0) is 11.2 Å². The lowest BCUT2D eigenvalue weighted by Crippen LogP contribution is -2.12. The molecule has 3 heterocycles. The second-order valence-electron chi connectivity index (χ2n) is 8.75. The second kappa shape index (κ2) is 8.66. The van der Waals surface area contributed by atoms with Crippen molar-refractivity contribution in [2.24, 2.45) is 0 Å². The maximum absolute atomic E-state index is 12.8. The molecule has 0 saturated heterocycles. The van der Waals surface area contributed by atoms with E-state index in [-0.39, 0.29) is 18.2 Å². The predicted molar refractivity (Wildman–Crippen MR) is 141 cm³/mol. The number of para-hydroxylation sites is 1. The molecule has 0 spiro atoms. The van der Waals surface area contributed by atoms with Gasteiger partial charge in [-0.2, -0.15) is 0 Å². The molecule has 2 aromatic heterocycles. The van der Waals surface area contributed by atoms with Gasteiger partial charge in [-0.05, 0) is 61.5 Å². The first-order valence-corrected chi connectivity index (χ1v) is 11.5. The van der Waals surface area contributed by atoms with E-state index in [1.807, 2.05) is 67.6 Å². The number of anilines is 4. The van der Waals surface area contributed by atoms with E-state index in [2.05, 4.69) is 30.9 Å². The summed E-state index contributed by atoms with van der Waals surface area (Å²) in [6.45, 7) is 2.00. The van der Waals surface area contributed by atoms with Crippen LogP contribution in [0, 0.1) is 6.92 Å². The highest BCUT2D eigenvalue weighted by Gasteiger charge is 2.20. The Kier molecular flexibility index (Phi) is 5.19. The molecule has 3 aromatic carbocycles. The fourth-order valence-corrected chi connectivity index (χ4v) is 4.39. The minimum atomic E-state index is -0.191. The summed E-state index contributed by atoms with van der Waals surface area (Å²) in [5, 5.41) is 10.1. The molecule has 8 nitrogen and oxygen atoms in total. The van der Waals surface area contributed by atoms with Gasteiger partial charge in [-0.1, -0.05) is 18.2 Å². The van der Waals surface area contributed by atoms with Crippen LogP contribution in [0.15, 0.2) is 79.0 Å². The highest BCUT2D eigenvalue weighted by atomic mass is 16.2. The van der Waals surface area contributed by atoms with Crippen molar-refractivity contribution >= 4 is 45.7 Å². The number of fused-ring (bicyclic) bond motifs is 4. The number of aromatic nitrogens is 3. The zero-order valence-corrected chi connectivity index (χ0v) is 19.4. The molecule has 4 N–H and O–H groups in total. The Balaban J connectivity index is 1.19. The van der Waals surface area contributed by atoms with Crippen LogP contribution in [-0.4, -0.2) is 26.8 Å². The lowest BCUT2D eigenvalue weighted by atomic mass is 10.1. The zero-order valence-electron chi connectivity index (χ0n) is 19.4. The number of H-pyrrole nitrogens is 1. The third-order valence-electron chi connectivity index (χ3n) is 6.09. The van der Waals surface area contributed by atoms with Crippen molar-refractivity contribution in [3.63, 3.8) is 0 Å². The van der Waals surface area contributed by atoms with Crippen molar-refractivity contribution < 1.29 is 9.59 Å². The average Bonchev–Trinajstić information content (AvgIpc) is 3.18. The summed E-state index contributed by atoms with van der Waals surface area (Å²) in [6, 6.07) is 22.5. The molecule has 0 aliphatic carbocycles. The largest absolute Gasteiger partial charge is 0.359 e. The van der Waals surface area contributed by atoms with Crippen LogP contribution in [0.4, 0.5) is 23.0 Å². The van der Waals surface area contributed by atoms with Crippen LogP contribution in [0.25, 0.3) is 22.2 Å². The van der Waals surface area contributed by atoms with Crippen LogP contribution in [0.1, 0.15) is 21.6 Å². The van der Waals surface area contributed by atoms with Crippen molar-refractivity contribution in [3.05, 3.63) is 95.8 Å². The molecule has 0 atom stereocenters. The first-order chi connectivity index (χ1) is 17.5. The molecule has 5 aromatic rings. The van der Waals surface area contributed by atoms with Gasteiger partial charge in [-0.15, -0.1) is 0 Å². The average molecular weight is 475 g/mol. The first-order valence-electron chi connectivity index (χ1n) is 11.5. The molecule has 1 aliphatic rings. The molecule has 0 unspecified atom stereocenters. The maximum Gasteiger partial charge on any atom is 0.255 e. The van der Waals surface area contributed by atoms with E-state index in [0.29, 0.717) is 17.2 Å². The van der Waals surface area contributed by atoms with Gasteiger partial charge in [0.25, 0.3) is 5.91 Å². The monoisotopic (exact) mass is 474 g/mol. The first kappa shape index (κ1) is 21.5. The number of hydrogen-bond acceptors (Lipinski definition) is 5. The number of hydrogen-bond donors (Lipinski definition) is 4. The molecule has 0 fully saturated rings. The van der Waals surface area contributed by atoms with E-state index < -0.39 is 0 Å². The number of benzene rings is 3. The van der Waals surface area contributed by atoms with Crippen molar-refractivity contribution in [2.45, 2.75) is 13.3 Å². The summed E-state index contributed by atoms with van der Waals surface area (Å²) in [7, 11) is 0. The van der Waals surface area contributed by atoms with Crippen molar-refractivity contribution in [1.29, 1.82) is 0 Å². The van der Waals surface area contributed by atoms with Gasteiger partial charge in [0.2, 0.25) is 11.9 Å². The Morgan fingerprint density at radius 2 is 1.78 bits per heavy atom. The Hall–Kier alpha value is -4.98. The van der Waals surface area contributed by atoms with Gasteiger partial charge in [0.15, 0.2) is 0 Å². The lowest BCUT2D eigenvalue weighted by Gasteiger charge is -2.11. The molecule has 0 radical (unpaired) electrons. The highest BCUT2D eigenvalue weighted by molar-refractivity contribution is 6.05. The quantitative estimate of drug-likeness (QED) is 0.278. The van der Waals surface area contributed by atoms with E-state index >= 15 is 0 Å². The number of nitrogens with zero attached hydrogens (tertiary/aromatic N) is 2. The van der Waals surface area contributed by atoms with Crippen molar-refractivity contribution in [2.75, 3.05) is 16.0 Å². The minimum Gasteiger partial charge on any atom is -0.359 e. The maximum atomic E-state index is 12.8. The third kappa shape index (κ3) is 4.16. The number of rotatable bonds is 4. The Morgan fingerprint density at radius 1 is 0.972 bits per heavy atom. The minimum absolute atomic E-state index is 0.0949. The molecule has 0 bridgehead atoms. The summed E-state index contributed by atoms with van der Waals surface area (Å²) < 4.78 is 0. The fraction of sp³-hybridized carbons (Fsp3) is 0.0714. The Labute approximate surface area is 206 Å². The lowest BCUT2D eigenvalue weighted by molar-refractivity contribution is -0.115. The molecule has 2 amide bonds. The number of aryl methyl sites for hydroxylation is 1. The SMILES string of the molecule is Cc1cc2cc(NC(=O)c3ccc(Nc4ncc5c(n4)-c4ccccc4NC(=O)C5)cc3)ccc2[nH]1. The second-order valence-corrected chi connectivity index (χ2v) is 8.75. The summed E-state index contributed by atoms with van der Waals surface area (Å²) in [5.41, 5.74) is 7.18. The van der Waals surface area contributed by atoms with Gasteiger partial charge in [-0.25, -0.2) is 9.97 Å². The highest BCUT2D eigenvalue weighted by Crippen LogP contribution is 2.33. The third-order valence-corrected chi connectivity index (χ3v) is 6.09. The van der Waals surface area contributed by atoms with Gasteiger partial charge in [0.1, 0.15) is 0 Å². The van der Waals surface area contributed by atoms with E-state index in [1.54, 1.807) is 18.3 Å². The van der Waals surface area contributed by atoms with Crippen LogP contribution in [0.3, 0.4) is 0 Å². The van der Waals surface area contributed by atoms with E-state index in [9.17, 15) is 9.59 Å². The molecule has 1 aliphatic heterocycles. The van der Waals surface area contributed by atoms with Gasteiger partial charge in [-0.3, -0.25) is 9.59 Å². The van der Waals surface area contributed by atoms with Crippen LogP contribution >= 0.6 is 0 Å². The predicted octanol–water partition coefficient (Wildman–Crippen LogP) is 5.42. The molecule has 8 heteroatoms. The van der Waals surface area contributed by atoms with E-state index in [4.69, 9.17) is 0 Å². The normalized spacial score (nSPS) is 12.3. The molecular formula is C28H22N6O2. The number of amides is 2. The van der Waals surface area contributed by atoms with E-state index in [0.717, 1.165) is 44.8 Å². The molecule has 0 saturated carbocycles. The molecular weight excluding hydrogens is 452 g/mol. The summed E-state index contributed by atoms with van der Waals surface area (Å²) in [6.07, 6.45) is 1.89. The number of carbonyl (C=O) groups excluding carboxylic acids is 2. The Bertz CT molecular complexity index is 1640. The summed E-state index contributed by atoms with van der Waals surface area (Å²) in [4.78, 5) is 37.3. The standard InChI is InChI=1S/C28H22N6O2/c1-16-12-18-13-21(10-11-23(18)30-16)31-27(36)17-6-8-20(9-7-17)32-28-29-15-19-14-25(35)33-24-5-3-2-4-22(24)26(19)34-28/h2-13,15,30H,14H2,1H3,(H,31,36)(H,33,35)(H,29,32,34). The summed E-state index contributed by atoms with van der Waals surface area (Å²) >= 11 is 0. The molecule has 36 heavy (non-hydrogen) atoms.